The van der Waals surface area contributed by atoms with Crippen LogP contribution in [0, 0.1) is 5.92 Å². The number of hydrogen-bond acceptors (Lipinski definition) is 2. The molecule has 2 heteroatoms. The molecule has 15 heavy (non-hydrogen) atoms. The number of hydrogen-bond donors (Lipinski definition) is 1. The lowest BCUT2D eigenvalue weighted by atomic mass is 9.67. The van der Waals surface area contributed by atoms with Gasteiger partial charge in [0.1, 0.15) is 0 Å². The molecule has 0 aromatic carbocycles. The number of rotatable bonds is 1. The van der Waals surface area contributed by atoms with Crippen LogP contribution in [-0.4, -0.2) is 34.7 Å². The summed E-state index contributed by atoms with van der Waals surface area (Å²) in [5.74, 6) is 0.407. The standard InChI is InChI=1S/C13H23NO/c1-4-13(15)9-10(2)14(3)12-8-6-5-7-11(12)13/h4,10-12,15H,1,5-9H2,2-3H3/t10-,11+,12+,13-/m1/s1. The third-order valence-electron chi connectivity index (χ3n) is 4.57. The smallest absolute Gasteiger partial charge is 0.0882 e. The van der Waals surface area contributed by atoms with Crippen LogP contribution in [0.5, 0.6) is 0 Å². The second kappa shape index (κ2) is 3.91. The quantitative estimate of drug-likeness (QED) is 0.669. The van der Waals surface area contributed by atoms with Crippen molar-refractivity contribution in [3.05, 3.63) is 12.7 Å². The van der Waals surface area contributed by atoms with Gasteiger partial charge in [0.15, 0.2) is 0 Å². The Morgan fingerprint density at radius 2 is 2.07 bits per heavy atom. The number of fused-ring (bicyclic) bond motifs is 1. The lowest BCUT2D eigenvalue weighted by Gasteiger charge is -2.53. The lowest BCUT2D eigenvalue weighted by molar-refractivity contribution is -0.0970. The summed E-state index contributed by atoms with van der Waals surface area (Å²) in [6, 6.07) is 1.03. The van der Waals surface area contributed by atoms with Crippen molar-refractivity contribution < 1.29 is 5.11 Å². The third-order valence-corrected chi connectivity index (χ3v) is 4.57. The Morgan fingerprint density at radius 3 is 2.73 bits per heavy atom. The van der Waals surface area contributed by atoms with Gasteiger partial charge < -0.3 is 10.0 Å². The van der Waals surface area contributed by atoms with Crippen molar-refractivity contribution in [2.24, 2.45) is 5.92 Å². The maximum absolute atomic E-state index is 10.6. The van der Waals surface area contributed by atoms with Crippen molar-refractivity contribution in [1.82, 2.24) is 4.90 Å². The zero-order valence-corrected chi connectivity index (χ0v) is 9.95. The monoisotopic (exact) mass is 209 g/mol. The predicted molar refractivity (Wildman–Crippen MR) is 62.7 cm³/mol. The summed E-state index contributed by atoms with van der Waals surface area (Å²) in [5, 5.41) is 10.6. The van der Waals surface area contributed by atoms with Gasteiger partial charge in [-0.15, -0.1) is 6.58 Å². The number of likely N-dealkylation sites (tertiary alicyclic amines) is 1. The van der Waals surface area contributed by atoms with Gasteiger partial charge in [0.25, 0.3) is 0 Å². The normalized spacial score (nSPS) is 47.3. The molecule has 2 fully saturated rings. The van der Waals surface area contributed by atoms with Crippen LogP contribution in [0.4, 0.5) is 0 Å². The highest BCUT2D eigenvalue weighted by Crippen LogP contribution is 2.43. The summed E-state index contributed by atoms with van der Waals surface area (Å²) in [4.78, 5) is 2.46. The van der Waals surface area contributed by atoms with Crippen LogP contribution in [0.3, 0.4) is 0 Å². The maximum atomic E-state index is 10.6. The average molecular weight is 209 g/mol. The van der Waals surface area contributed by atoms with Gasteiger partial charge in [0.2, 0.25) is 0 Å². The van der Waals surface area contributed by atoms with Crippen LogP contribution < -0.4 is 0 Å². The van der Waals surface area contributed by atoms with Crippen molar-refractivity contribution in [2.75, 3.05) is 7.05 Å². The first-order valence-corrected chi connectivity index (χ1v) is 6.16. The number of piperidine rings is 1. The van der Waals surface area contributed by atoms with E-state index in [0.717, 1.165) is 12.8 Å². The Labute approximate surface area is 93.0 Å². The molecule has 1 heterocycles. The first-order valence-electron chi connectivity index (χ1n) is 6.16. The molecule has 1 aliphatic heterocycles. The molecule has 0 amide bonds. The molecule has 2 nitrogen and oxygen atoms in total. The van der Waals surface area contributed by atoms with Crippen LogP contribution in [-0.2, 0) is 0 Å². The minimum Gasteiger partial charge on any atom is -0.385 e. The largest absolute Gasteiger partial charge is 0.385 e. The van der Waals surface area contributed by atoms with Gasteiger partial charge in [-0.1, -0.05) is 18.9 Å². The first-order chi connectivity index (χ1) is 7.08. The first kappa shape index (κ1) is 11.2. The highest BCUT2D eigenvalue weighted by molar-refractivity contribution is 5.10. The molecule has 0 aromatic heterocycles. The fraction of sp³-hybridized carbons (Fsp3) is 0.846. The number of nitrogens with zero attached hydrogens (tertiary/aromatic N) is 1. The summed E-state index contributed by atoms with van der Waals surface area (Å²) in [6.07, 6.45) is 7.60. The Kier molecular flexibility index (Phi) is 2.91. The summed E-state index contributed by atoms with van der Waals surface area (Å²) in [7, 11) is 2.20. The zero-order valence-electron chi connectivity index (χ0n) is 9.95. The average Bonchev–Trinajstić information content (AvgIpc) is 2.26. The Balaban J connectivity index is 2.25. The van der Waals surface area contributed by atoms with Gasteiger partial charge in [-0.2, -0.15) is 0 Å². The minimum atomic E-state index is -0.614. The van der Waals surface area contributed by atoms with Gasteiger partial charge in [-0.05, 0) is 33.2 Å². The van der Waals surface area contributed by atoms with Crippen LogP contribution in [0.2, 0.25) is 0 Å². The molecule has 4 atom stereocenters. The molecule has 1 aliphatic carbocycles. The molecular formula is C13H23NO. The molecular weight excluding hydrogens is 186 g/mol. The molecule has 1 saturated carbocycles. The molecule has 0 aromatic rings. The third kappa shape index (κ3) is 1.74. The lowest BCUT2D eigenvalue weighted by Crippen LogP contribution is -2.60. The highest BCUT2D eigenvalue weighted by atomic mass is 16.3. The molecule has 0 spiro atoms. The van der Waals surface area contributed by atoms with Crippen molar-refractivity contribution in [1.29, 1.82) is 0 Å². The van der Waals surface area contributed by atoms with Crippen molar-refractivity contribution in [2.45, 2.75) is 56.7 Å². The summed E-state index contributed by atoms with van der Waals surface area (Å²) in [5.41, 5.74) is -0.614. The van der Waals surface area contributed by atoms with Crippen LogP contribution in [0.1, 0.15) is 39.0 Å². The van der Waals surface area contributed by atoms with E-state index in [0.29, 0.717) is 18.0 Å². The van der Waals surface area contributed by atoms with Gasteiger partial charge in [-0.3, -0.25) is 0 Å². The van der Waals surface area contributed by atoms with Gasteiger partial charge in [0.05, 0.1) is 5.60 Å². The molecule has 2 rings (SSSR count). The summed E-state index contributed by atoms with van der Waals surface area (Å²) < 4.78 is 0. The summed E-state index contributed by atoms with van der Waals surface area (Å²) >= 11 is 0. The van der Waals surface area contributed by atoms with E-state index >= 15 is 0 Å². The molecule has 0 radical (unpaired) electrons. The van der Waals surface area contributed by atoms with Crippen molar-refractivity contribution in [3.8, 4) is 0 Å². The molecule has 0 bridgehead atoms. The zero-order chi connectivity index (χ0) is 11.1. The van der Waals surface area contributed by atoms with Crippen LogP contribution in [0.15, 0.2) is 12.7 Å². The van der Waals surface area contributed by atoms with E-state index in [4.69, 9.17) is 0 Å². The number of aliphatic hydroxyl groups is 1. The minimum absolute atomic E-state index is 0.407. The molecule has 1 N–H and O–H groups in total. The van der Waals surface area contributed by atoms with E-state index in [1.807, 2.05) is 0 Å². The van der Waals surface area contributed by atoms with E-state index in [2.05, 4.69) is 25.5 Å². The van der Waals surface area contributed by atoms with Gasteiger partial charge in [-0.25, -0.2) is 0 Å². The molecule has 0 unspecified atom stereocenters. The highest BCUT2D eigenvalue weighted by Gasteiger charge is 2.47. The fourth-order valence-electron chi connectivity index (χ4n) is 3.51. The van der Waals surface area contributed by atoms with E-state index in [1.165, 1.54) is 19.3 Å². The SMILES string of the molecule is C=C[C@@]1(O)C[C@@H](C)N(C)[C@H]2CCCC[C@@H]21. The fourth-order valence-corrected chi connectivity index (χ4v) is 3.51. The summed E-state index contributed by atoms with van der Waals surface area (Å²) in [6.45, 7) is 6.05. The topological polar surface area (TPSA) is 23.5 Å². The molecule has 2 aliphatic rings. The molecule has 86 valence electrons. The maximum Gasteiger partial charge on any atom is 0.0882 e. The van der Waals surface area contributed by atoms with Gasteiger partial charge >= 0.3 is 0 Å². The van der Waals surface area contributed by atoms with Crippen molar-refractivity contribution in [3.63, 3.8) is 0 Å². The Bertz CT molecular complexity index is 253. The van der Waals surface area contributed by atoms with E-state index in [9.17, 15) is 5.11 Å². The van der Waals surface area contributed by atoms with Crippen molar-refractivity contribution >= 4 is 0 Å². The van der Waals surface area contributed by atoms with Gasteiger partial charge in [0, 0.05) is 18.0 Å². The predicted octanol–water partition coefficient (Wildman–Crippen LogP) is 2.19. The Hall–Kier alpha value is -0.340. The van der Waals surface area contributed by atoms with Crippen LogP contribution >= 0.6 is 0 Å². The van der Waals surface area contributed by atoms with E-state index in [-0.39, 0.29) is 0 Å². The molecule has 1 saturated heterocycles. The van der Waals surface area contributed by atoms with E-state index in [1.54, 1.807) is 6.08 Å². The van der Waals surface area contributed by atoms with Crippen LogP contribution in [0.25, 0.3) is 0 Å². The van der Waals surface area contributed by atoms with E-state index < -0.39 is 5.60 Å². The second-order valence-electron chi connectivity index (χ2n) is 5.37. The Morgan fingerprint density at radius 1 is 1.40 bits per heavy atom. The second-order valence-corrected chi connectivity index (χ2v) is 5.37.